The van der Waals surface area contributed by atoms with Gasteiger partial charge in [0.25, 0.3) is 0 Å². The summed E-state index contributed by atoms with van der Waals surface area (Å²) in [4.78, 5) is 2.48. The summed E-state index contributed by atoms with van der Waals surface area (Å²) in [6, 6.07) is 98.6. The number of para-hydroxylation sites is 1. The lowest BCUT2D eigenvalue weighted by Crippen LogP contribution is -2.27. The van der Waals surface area contributed by atoms with Crippen LogP contribution in [0.1, 0.15) is 22.3 Å². The minimum Gasteiger partial charge on any atom is -0.310 e. The SMILES string of the molecule is c1ccc(-c2ccc(N(c3ccc(-c4ccccc4)cc3)c3cccc4c3-c3ccccc3C43c4ccccc4-c4ccc5c6ccccc6n(-c6cccc(-c7ccccc7)c6)c5c43)cc2)cc1. The topological polar surface area (TPSA) is 8.17 Å². The van der Waals surface area contributed by atoms with Crippen LogP contribution >= 0.6 is 0 Å². The summed E-state index contributed by atoms with van der Waals surface area (Å²) < 4.78 is 2.56. The molecule has 11 aromatic carbocycles. The third-order valence-corrected chi connectivity index (χ3v) is 14.8. The third kappa shape index (κ3) is 5.86. The molecule has 69 heavy (non-hydrogen) atoms. The van der Waals surface area contributed by atoms with Crippen molar-refractivity contribution in [2.75, 3.05) is 4.90 Å². The lowest BCUT2D eigenvalue weighted by molar-refractivity contribution is 0.797. The van der Waals surface area contributed by atoms with E-state index in [1.165, 1.54) is 99.7 Å². The van der Waals surface area contributed by atoms with Gasteiger partial charge in [0.1, 0.15) is 0 Å². The van der Waals surface area contributed by atoms with Gasteiger partial charge in [0.05, 0.1) is 22.1 Å². The highest BCUT2D eigenvalue weighted by Crippen LogP contribution is 2.66. The molecule has 1 atom stereocenters. The summed E-state index contributed by atoms with van der Waals surface area (Å²) in [6.07, 6.45) is 0. The van der Waals surface area contributed by atoms with E-state index in [1.807, 2.05) is 0 Å². The van der Waals surface area contributed by atoms with Crippen LogP contribution in [0.25, 0.3) is 83.1 Å². The summed E-state index contributed by atoms with van der Waals surface area (Å²) in [5, 5.41) is 2.50. The van der Waals surface area contributed by atoms with E-state index in [2.05, 4.69) is 276 Å². The highest BCUT2D eigenvalue weighted by atomic mass is 15.1. The van der Waals surface area contributed by atoms with Crippen LogP contribution in [0.5, 0.6) is 0 Å². The van der Waals surface area contributed by atoms with Gasteiger partial charge in [0.15, 0.2) is 0 Å². The number of hydrogen-bond donors (Lipinski definition) is 0. The molecule has 0 radical (unpaired) electrons. The van der Waals surface area contributed by atoms with Gasteiger partial charge in [0.2, 0.25) is 0 Å². The zero-order chi connectivity index (χ0) is 45.5. The largest absolute Gasteiger partial charge is 0.310 e. The second-order valence-corrected chi connectivity index (χ2v) is 18.4. The maximum absolute atomic E-state index is 2.56. The molecule has 0 saturated carbocycles. The van der Waals surface area contributed by atoms with Gasteiger partial charge in [0, 0.05) is 39.0 Å². The van der Waals surface area contributed by atoms with Crippen molar-refractivity contribution >= 4 is 38.9 Å². The maximum Gasteiger partial charge on any atom is 0.0747 e. The zero-order valence-electron chi connectivity index (χ0n) is 37.8. The molecule has 322 valence electrons. The quantitative estimate of drug-likeness (QED) is 0.155. The second-order valence-electron chi connectivity index (χ2n) is 18.4. The first-order valence-corrected chi connectivity index (χ1v) is 23.9. The molecule has 1 unspecified atom stereocenters. The fourth-order valence-corrected chi connectivity index (χ4v) is 11.9. The van der Waals surface area contributed by atoms with Crippen LogP contribution in [0.3, 0.4) is 0 Å². The van der Waals surface area contributed by atoms with Crippen molar-refractivity contribution in [3.05, 3.63) is 289 Å². The van der Waals surface area contributed by atoms with E-state index >= 15 is 0 Å². The fourth-order valence-electron chi connectivity index (χ4n) is 11.9. The Morgan fingerprint density at radius 3 is 1.46 bits per heavy atom. The predicted molar refractivity (Wildman–Crippen MR) is 288 cm³/mol. The Labute approximate surface area is 402 Å². The number of benzene rings is 11. The normalized spacial score (nSPS) is 14.1. The van der Waals surface area contributed by atoms with Gasteiger partial charge in [-0.05, 0) is 115 Å². The maximum atomic E-state index is 2.56. The molecule has 0 saturated heterocycles. The summed E-state index contributed by atoms with van der Waals surface area (Å²) in [6.45, 7) is 0. The highest BCUT2D eigenvalue weighted by Gasteiger charge is 2.54. The summed E-state index contributed by atoms with van der Waals surface area (Å²) in [5.74, 6) is 0. The Morgan fingerprint density at radius 1 is 0.319 bits per heavy atom. The lowest BCUT2D eigenvalue weighted by atomic mass is 9.70. The summed E-state index contributed by atoms with van der Waals surface area (Å²) in [5.41, 5.74) is 23.8. The summed E-state index contributed by atoms with van der Waals surface area (Å²) in [7, 11) is 0. The van der Waals surface area contributed by atoms with Gasteiger partial charge in [-0.25, -0.2) is 0 Å². The average Bonchev–Trinajstić information content (AvgIpc) is 4.04. The van der Waals surface area contributed by atoms with Crippen molar-refractivity contribution in [2.45, 2.75) is 5.41 Å². The fraction of sp³-hybridized carbons (Fsp3) is 0.0149. The van der Waals surface area contributed by atoms with Crippen LogP contribution in [0.15, 0.2) is 267 Å². The molecule has 0 aliphatic heterocycles. The Kier molecular flexibility index (Phi) is 8.84. The number of anilines is 3. The van der Waals surface area contributed by atoms with Crippen LogP contribution in [0.4, 0.5) is 17.1 Å². The Morgan fingerprint density at radius 2 is 0.812 bits per heavy atom. The number of aromatic nitrogens is 1. The van der Waals surface area contributed by atoms with Crippen molar-refractivity contribution in [3.8, 4) is 61.3 Å². The Bertz CT molecular complexity index is 3840. The molecule has 0 fully saturated rings. The van der Waals surface area contributed by atoms with Gasteiger partial charge in [-0.15, -0.1) is 0 Å². The van der Waals surface area contributed by atoms with Crippen molar-refractivity contribution in [1.82, 2.24) is 4.57 Å². The molecule has 0 amide bonds. The van der Waals surface area contributed by atoms with E-state index in [9.17, 15) is 0 Å². The number of fused-ring (bicyclic) bond motifs is 14. The standard InChI is InChI=1S/C67H44N2/c1-4-18-45(19-5-1)48-34-38-51(39-35-48)68(52-40-36-49(37-41-52)46-20-6-2-7-21-46)63-33-17-31-61-64(63)58-28-11-14-30-60(58)67(61)59-29-13-10-26-54(59)56-42-43-57-55-27-12-15-32-62(55)69(66(57)65(56)67)53-25-16-24-50(44-53)47-22-8-3-9-23-47/h1-44H. The molecule has 2 aliphatic rings. The van der Waals surface area contributed by atoms with Crippen LogP contribution in [0.2, 0.25) is 0 Å². The van der Waals surface area contributed by atoms with Crippen molar-refractivity contribution < 1.29 is 0 Å². The molecule has 14 rings (SSSR count). The first kappa shape index (κ1) is 39.2. The smallest absolute Gasteiger partial charge is 0.0747 e. The highest BCUT2D eigenvalue weighted by molar-refractivity contribution is 6.15. The van der Waals surface area contributed by atoms with E-state index in [-0.39, 0.29) is 0 Å². The van der Waals surface area contributed by atoms with Gasteiger partial charge < -0.3 is 9.47 Å². The molecule has 2 aliphatic carbocycles. The molecular weight excluding hydrogens is 833 g/mol. The molecule has 12 aromatic rings. The first-order chi connectivity index (χ1) is 34.3. The van der Waals surface area contributed by atoms with E-state index in [0.717, 1.165) is 22.7 Å². The van der Waals surface area contributed by atoms with E-state index in [1.54, 1.807) is 0 Å². The van der Waals surface area contributed by atoms with Crippen LogP contribution in [-0.2, 0) is 5.41 Å². The number of hydrogen-bond acceptors (Lipinski definition) is 1. The molecule has 2 nitrogen and oxygen atoms in total. The second kappa shape index (κ2) is 15.6. The van der Waals surface area contributed by atoms with Crippen molar-refractivity contribution in [3.63, 3.8) is 0 Å². The predicted octanol–water partition coefficient (Wildman–Crippen LogP) is 17.6. The molecule has 2 heteroatoms. The first-order valence-electron chi connectivity index (χ1n) is 23.9. The van der Waals surface area contributed by atoms with Crippen LogP contribution in [0, 0.1) is 0 Å². The molecular formula is C67H44N2. The monoisotopic (exact) mass is 876 g/mol. The molecule has 0 N–H and O–H groups in total. The Hall–Kier alpha value is -8.98. The lowest BCUT2D eigenvalue weighted by Gasteiger charge is -2.32. The van der Waals surface area contributed by atoms with Gasteiger partial charge in [-0.1, -0.05) is 218 Å². The van der Waals surface area contributed by atoms with Crippen molar-refractivity contribution in [2.24, 2.45) is 0 Å². The number of nitrogens with zero attached hydrogens (tertiary/aromatic N) is 2. The molecule has 1 spiro atoms. The van der Waals surface area contributed by atoms with Gasteiger partial charge in [-0.3, -0.25) is 0 Å². The molecule has 1 aromatic heterocycles. The van der Waals surface area contributed by atoms with E-state index in [4.69, 9.17) is 0 Å². The minimum absolute atomic E-state index is 0.628. The molecule has 1 heterocycles. The van der Waals surface area contributed by atoms with Gasteiger partial charge in [-0.2, -0.15) is 0 Å². The van der Waals surface area contributed by atoms with Gasteiger partial charge >= 0.3 is 0 Å². The van der Waals surface area contributed by atoms with Crippen LogP contribution < -0.4 is 4.90 Å². The van der Waals surface area contributed by atoms with Crippen LogP contribution in [-0.4, -0.2) is 4.57 Å². The third-order valence-electron chi connectivity index (χ3n) is 14.8. The average molecular weight is 877 g/mol. The Balaban J connectivity index is 1.06. The minimum atomic E-state index is -0.628. The molecule has 0 bridgehead atoms. The summed E-state index contributed by atoms with van der Waals surface area (Å²) >= 11 is 0. The van der Waals surface area contributed by atoms with E-state index in [0.29, 0.717) is 0 Å². The van der Waals surface area contributed by atoms with E-state index < -0.39 is 5.41 Å². The number of rotatable bonds is 7. The van der Waals surface area contributed by atoms with Crippen molar-refractivity contribution in [1.29, 1.82) is 0 Å². The zero-order valence-corrected chi connectivity index (χ0v) is 37.8.